The number of aryl methyl sites for hydroxylation is 2. The molecule has 2 aromatic carbocycles. The Bertz CT molecular complexity index is 533. The average molecular weight is 356 g/mol. The summed E-state index contributed by atoms with van der Waals surface area (Å²) in [6.07, 6.45) is 2.45. The van der Waals surface area contributed by atoms with Crippen LogP contribution >= 0.6 is 12.2 Å². The zero-order valence-corrected chi connectivity index (χ0v) is 15.4. The molecular weight excluding hydrogens is 330 g/mol. The van der Waals surface area contributed by atoms with Crippen molar-refractivity contribution < 1.29 is 13.9 Å². The summed E-state index contributed by atoms with van der Waals surface area (Å²) < 4.78 is 21.9. The van der Waals surface area contributed by atoms with E-state index < -0.39 is 11.0 Å². The van der Waals surface area contributed by atoms with Gasteiger partial charge in [-0.25, -0.2) is 4.21 Å². The van der Waals surface area contributed by atoms with Gasteiger partial charge in [-0.2, -0.15) is 4.13 Å². The molecule has 4 nitrogen and oxygen atoms in total. The van der Waals surface area contributed by atoms with Crippen molar-refractivity contribution >= 4 is 23.2 Å². The molecule has 0 radical (unpaired) electrons. The lowest BCUT2D eigenvalue weighted by molar-refractivity contribution is 0.399. The monoisotopic (exact) mass is 355 g/mol. The number of aliphatic hydroxyl groups is 1. The maximum Gasteiger partial charge on any atom is 0.136 e. The molecule has 0 aromatic heterocycles. The largest absolute Gasteiger partial charge is 0.400 e. The SMILES string of the molecule is CCCc1ccccc1.CO.Cc1ccc(S(=O)NSO)cc1. The fourth-order valence-electron chi connectivity index (χ4n) is 1.68. The number of hydrogen-bond acceptors (Lipinski definition) is 4. The highest BCUT2D eigenvalue weighted by Crippen LogP contribution is 2.07. The third-order valence-electron chi connectivity index (χ3n) is 2.73. The Morgan fingerprint density at radius 3 is 2.09 bits per heavy atom. The van der Waals surface area contributed by atoms with Gasteiger partial charge in [-0.3, -0.25) is 0 Å². The normalized spacial score (nSPS) is 10.7. The first-order chi connectivity index (χ1) is 11.2. The van der Waals surface area contributed by atoms with Crippen LogP contribution in [0.15, 0.2) is 59.5 Å². The van der Waals surface area contributed by atoms with Crippen LogP contribution in [-0.4, -0.2) is 21.0 Å². The Kier molecular flexibility index (Phi) is 13.7. The zero-order valence-electron chi connectivity index (χ0n) is 13.7. The Hall–Kier alpha value is -1.18. The lowest BCUT2D eigenvalue weighted by Crippen LogP contribution is -2.07. The van der Waals surface area contributed by atoms with Crippen LogP contribution in [0.25, 0.3) is 0 Å². The molecule has 1 atom stereocenters. The van der Waals surface area contributed by atoms with E-state index in [1.165, 1.54) is 18.4 Å². The summed E-state index contributed by atoms with van der Waals surface area (Å²) in [6.45, 7) is 4.16. The van der Waals surface area contributed by atoms with Gasteiger partial charge in [0.1, 0.15) is 11.0 Å². The zero-order chi connectivity index (χ0) is 17.5. The molecule has 0 heterocycles. The molecule has 0 saturated carbocycles. The fraction of sp³-hybridized carbons (Fsp3) is 0.294. The first kappa shape index (κ1) is 21.8. The van der Waals surface area contributed by atoms with Crippen LogP contribution in [0.1, 0.15) is 24.5 Å². The Morgan fingerprint density at radius 2 is 1.61 bits per heavy atom. The maximum absolute atomic E-state index is 11.2. The molecule has 0 aliphatic carbocycles. The molecule has 1 unspecified atom stereocenters. The summed E-state index contributed by atoms with van der Waals surface area (Å²) in [5, 5.41) is 7.00. The van der Waals surface area contributed by atoms with Crippen molar-refractivity contribution in [1.29, 1.82) is 0 Å². The van der Waals surface area contributed by atoms with Gasteiger partial charge in [-0.05, 0) is 31.0 Å². The van der Waals surface area contributed by atoms with E-state index in [-0.39, 0.29) is 0 Å². The smallest absolute Gasteiger partial charge is 0.136 e. The van der Waals surface area contributed by atoms with Gasteiger partial charge in [0, 0.05) is 7.11 Å². The van der Waals surface area contributed by atoms with Crippen molar-refractivity contribution in [2.24, 2.45) is 0 Å². The summed E-state index contributed by atoms with van der Waals surface area (Å²) in [5.74, 6) is 0. The van der Waals surface area contributed by atoms with Crippen LogP contribution in [-0.2, 0) is 17.4 Å². The first-order valence-corrected chi connectivity index (χ1v) is 9.12. The van der Waals surface area contributed by atoms with E-state index in [1.54, 1.807) is 12.1 Å². The number of benzene rings is 2. The molecule has 0 bridgehead atoms. The minimum absolute atomic E-state index is 0.359. The van der Waals surface area contributed by atoms with Crippen molar-refractivity contribution in [3.05, 3.63) is 65.7 Å². The molecule has 0 amide bonds. The summed E-state index contributed by atoms with van der Waals surface area (Å²) in [7, 11) is -0.329. The van der Waals surface area contributed by atoms with E-state index in [9.17, 15) is 4.21 Å². The minimum atomic E-state index is -1.33. The van der Waals surface area contributed by atoms with Gasteiger partial charge < -0.3 is 9.66 Å². The predicted molar refractivity (Wildman–Crippen MR) is 99.5 cm³/mol. The van der Waals surface area contributed by atoms with Crippen molar-refractivity contribution in [3.8, 4) is 0 Å². The molecule has 0 aliphatic heterocycles. The lowest BCUT2D eigenvalue weighted by Gasteiger charge is -1.99. The molecular formula is C17H25NO3S2. The summed E-state index contributed by atoms with van der Waals surface area (Å²) >= 11 is 0.359. The minimum Gasteiger partial charge on any atom is -0.400 e. The number of rotatable bonds is 5. The predicted octanol–water partition coefficient (Wildman–Crippen LogP) is 3.98. The van der Waals surface area contributed by atoms with Crippen molar-refractivity contribution in [3.63, 3.8) is 0 Å². The maximum atomic E-state index is 11.2. The quantitative estimate of drug-likeness (QED) is 0.560. The third-order valence-corrected chi connectivity index (χ3v) is 4.33. The summed E-state index contributed by atoms with van der Waals surface area (Å²) in [4.78, 5) is 0.655. The highest BCUT2D eigenvalue weighted by atomic mass is 32.2. The van der Waals surface area contributed by atoms with Gasteiger partial charge in [0.2, 0.25) is 0 Å². The van der Waals surface area contributed by atoms with Crippen LogP contribution < -0.4 is 4.13 Å². The van der Waals surface area contributed by atoms with Gasteiger partial charge >= 0.3 is 0 Å². The molecule has 2 aromatic rings. The van der Waals surface area contributed by atoms with Gasteiger partial charge in [-0.15, -0.1) is 0 Å². The van der Waals surface area contributed by atoms with E-state index in [0.29, 0.717) is 17.1 Å². The molecule has 128 valence electrons. The lowest BCUT2D eigenvalue weighted by atomic mass is 10.1. The molecule has 0 saturated heterocycles. The highest BCUT2D eigenvalue weighted by molar-refractivity contribution is 8.03. The molecule has 3 N–H and O–H groups in total. The van der Waals surface area contributed by atoms with Crippen LogP contribution in [0.2, 0.25) is 0 Å². The van der Waals surface area contributed by atoms with Gasteiger partial charge in [-0.1, -0.05) is 61.4 Å². The van der Waals surface area contributed by atoms with Crippen LogP contribution in [0, 0.1) is 6.92 Å². The van der Waals surface area contributed by atoms with E-state index in [4.69, 9.17) is 9.66 Å². The summed E-state index contributed by atoms with van der Waals surface area (Å²) in [5.41, 5.74) is 2.56. The van der Waals surface area contributed by atoms with Crippen molar-refractivity contribution in [1.82, 2.24) is 4.13 Å². The van der Waals surface area contributed by atoms with Crippen LogP contribution in [0.5, 0.6) is 0 Å². The second kappa shape index (κ2) is 14.4. The average Bonchev–Trinajstić information content (AvgIpc) is 2.59. The van der Waals surface area contributed by atoms with Gasteiger partial charge in [0.15, 0.2) is 0 Å². The van der Waals surface area contributed by atoms with Gasteiger partial charge in [0.05, 0.1) is 17.1 Å². The molecule has 0 spiro atoms. The first-order valence-electron chi connectivity index (χ1n) is 7.20. The Balaban J connectivity index is 0.000000392. The fourth-order valence-corrected chi connectivity index (χ4v) is 2.72. The summed E-state index contributed by atoms with van der Waals surface area (Å²) in [6, 6.07) is 17.8. The third kappa shape index (κ3) is 10.3. The second-order valence-corrected chi connectivity index (χ2v) is 6.35. The van der Waals surface area contributed by atoms with E-state index in [2.05, 4.69) is 41.4 Å². The van der Waals surface area contributed by atoms with Gasteiger partial charge in [0.25, 0.3) is 0 Å². The Labute approximate surface area is 145 Å². The molecule has 2 rings (SSSR count). The topological polar surface area (TPSA) is 69.6 Å². The highest BCUT2D eigenvalue weighted by Gasteiger charge is 2.00. The van der Waals surface area contributed by atoms with E-state index >= 15 is 0 Å². The Morgan fingerprint density at radius 1 is 1.04 bits per heavy atom. The van der Waals surface area contributed by atoms with Crippen molar-refractivity contribution in [2.45, 2.75) is 31.6 Å². The second-order valence-electron chi connectivity index (χ2n) is 4.49. The van der Waals surface area contributed by atoms with E-state index in [0.717, 1.165) is 12.7 Å². The molecule has 0 aliphatic rings. The molecule has 6 heteroatoms. The number of aliphatic hydroxyl groups excluding tert-OH is 1. The number of nitrogens with one attached hydrogen (secondary N) is 1. The van der Waals surface area contributed by atoms with Crippen LogP contribution in [0.4, 0.5) is 0 Å². The molecule has 0 fully saturated rings. The number of hydrogen-bond donors (Lipinski definition) is 3. The van der Waals surface area contributed by atoms with Crippen LogP contribution in [0.3, 0.4) is 0 Å². The van der Waals surface area contributed by atoms with E-state index in [1.807, 2.05) is 19.1 Å². The van der Waals surface area contributed by atoms with Crippen molar-refractivity contribution in [2.75, 3.05) is 7.11 Å². The standard InChI is InChI=1S/C9H12.C7H9NO2S2.CH4O/c1-2-6-9-7-4-3-5-8-9;1-6-2-4-7(5-3-6)12(10)8-11-9;1-2/h3-5,7-8H,2,6H2,1H3;2-5,8-9H,1H3;2H,1H3. The molecule has 23 heavy (non-hydrogen) atoms.